The lowest BCUT2D eigenvalue weighted by Gasteiger charge is -2.09. The van der Waals surface area contributed by atoms with Crippen LogP contribution in [-0.2, 0) is 6.61 Å². The van der Waals surface area contributed by atoms with Crippen molar-refractivity contribution in [2.24, 2.45) is 5.10 Å². The van der Waals surface area contributed by atoms with Crippen LogP contribution in [-0.4, -0.2) is 17.9 Å². The van der Waals surface area contributed by atoms with Crippen molar-refractivity contribution in [3.8, 4) is 5.75 Å². The summed E-state index contributed by atoms with van der Waals surface area (Å²) < 4.78 is 8.15. The van der Waals surface area contributed by atoms with Crippen LogP contribution in [0.4, 0.5) is 0 Å². The van der Waals surface area contributed by atoms with Gasteiger partial charge in [-0.3, -0.25) is 5.43 Å². The van der Waals surface area contributed by atoms with E-state index < -0.39 is 0 Å². The van der Waals surface area contributed by atoms with Gasteiger partial charge in [-0.25, -0.2) is 0 Å². The molecule has 0 fully saturated rings. The lowest BCUT2D eigenvalue weighted by Crippen LogP contribution is -2.31. The van der Waals surface area contributed by atoms with Crippen LogP contribution >= 0.6 is 57.4 Å². The van der Waals surface area contributed by atoms with Gasteiger partial charge >= 0.3 is 0 Å². The first-order chi connectivity index (χ1) is 11.6. The SMILES string of the molecule is CCNC(=S)N/N=C\c1ccc(OCc2ccc(I)cc2)c(I)c1. The van der Waals surface area contributed by atoms with E-state index >= 15 is 0 Å². The third kappa shape index (κ3) is 6.52. The topological polar surface area (TPSA) is 45.7 Å². The fourth-order valence-electron chi connectivity index (χ4n) is 1.82. The second kappa shape index (κ2) is 10.1. The molecule has 0 unspecified atom stereocenters. The summed E-state index contributed by atoms with van der Waals surface area (Å²) in [4.78, 5) is 0. The summed E-state index contributed by atoms with van der Waals surface area (Å²) in [5.41, 5.74) is 4.90. The Morgan fingerprint density at radius 1 is 1.21 bits per heavy atom. The lowest BCUT2D eigenvalue weighted by molar-refractivity contribution is 0.304. The number of rotatable bonds is 6. The Bertz CT molecular complexity index is 720. The maximum absolute atomic E-state index is 5.89. The van der Waals surface area contributed by atoms with E-state index in [-0.39, 0.29) is 0 Å². The van der Waals surface area contributed by atoms with E-state index in [4.69, 9.17) is 17.0 Å². The smallest absolute Gasteiger partial charge is 0.186 e. The molecule has 0 aliphatic heterocycles. The Morgan fingerprint density at radius 2 is 1.96 bits per heavy atom. The molecule has 7 heteroatoms. The van der Waals surface area contributed by atoms with Crippen LogP contribution in [0.3, 0.4) is 0 Å². The molecule has 4 nitrogen and oxygen atoms in total. The second-order valence-electron chi connectivity index (χ2n) is 4.83. The third-order valence-electron chi connectivity index (χ3n) is 2.98. The number of ether oxygens (including phenoxy) is 1. The first-order valence-electron chi connectivity index (χ1n) is 7.32. The van der Waals surface area contributed by atoms with Gasteiger partial charge in [0.05, 0.1) is 9.78 Å². The minimum Gasteiger partial charge on any atom is -0.488 e. The van der Waals surface area contributed by atoms with E-state index in [1.165, 1.54) is 3.57 Å². The van der Waals surface area contributed by atoms with E-state index in [0.29, 0.717) is 11.7 Å². The zero-order valence-corrected chi connectivity index (χ0v) is 18.2. The Balaban J connectivity index is 1.92. The predicted octanol–water partition coefficient (Wildman–Crippen LogP) is 4.29. The van der Waals surface area contributed by atoms with Crippen molar-refractivity contribution in [3.63, 3.8) is 0 Å². The lowest BCUT2D eigenvalue weighted by atomic mass is 10.2. The molecule has 2 aromatic carbocycles. The molecule has 0 aliphatic carbocycles. The van der Waals surface area contributed by atoms with E-state index in [1.807, 2.05) is 25.1 Å². The van der Waals surface area contributed by atoms with Gasteiger partial charge in [-0.1, -0.05) is 12.1 Å². The van der Waals surface area contributed by atoms with Gasteiger partial charge in [0, 0.05) is 10.1 Å². The monoisotopic (exact) mass is 565 g/mol. The van der Waals surface area contributed by atoms with Crippen molar-refractivity contribution in [2.45, 2.75) is 13.5 Å². The van der Waals surface area contributed by atoms with Gasteiger partial charge in [-0.05, 0) is 106 Å². The molecule has 0 aliphatic rings. The molecule has 0 bridgehead atoms. The Labute approximate surface area is 174 Å². The van der Waals surface area contributed by atoms with Gasteiger partial charge < -0.3 is 10.1 Å². The molecule has 0 saturated carbocycles. The molecule has 0 aromatic heterocycles. The quantitative estimate of drug-likeness (QED) is 0.238. The molecule has 2 aromatic rings. The second-order valence-corrected chi connectivity index (χ2v) is 7.65. The largest absolute Gasteiger partial charge is 0.488 e. The Hall–Kier alpha value is -0.940. The van der Waals surface area contributed by atoms with Crippen molar-refractivity contribution in [3.05, 3.63) is 60.7 Å². The minimum absolute atomic E-state index is 0.515. The van der Waals surface area contributed by atoms with Crippen molar-refractivity contribution < 1.29 is 4.74 Å². The molecule has 2 rings (SSSR count). The summed E-state index contributed by atoms with van der Waals surface area (Å²) >= 11 is 9.61. The zero-order valence-electron chi connectivity index (χ0n) is 13.1. The molecule has 0 amide bonds. The highest BCUT2D eigenvalue weighted by Crippen LogP contribution is 2.22. The molecular formula is C17H17I2N3OS. The molecule has 2 N–H and O–H groups in total. The number of halogens is 2. The van der Waals surface area contributed by atoms with Crippen LogP contribution in [0.5, 0.6) is 5.75 Å². The van der Waals surface area contributed by atoms with Crippen LogP contribution in [0.15, 0.2) is 47.6 Å². The third-order valence-corrected chi connectivity index (χ3v) is 4.78. The number of thiocarbonyl (C=S) groups is 1. The van der Waals surface area contributed by atoms with Crippen molar-refractivity contribution in [1.29, 1.82) is 0 Å². The molecule has 0 radical (unpaired) electrons. The summed E-state index contributed by atoms with van der Waals surface area (Å²) in [5, 5.41) is 7.60. The normalized spacial score (nSPS) is 10.6. The van der Waals surface area contributed by atoms with Crippen LogP contribution in [0.2, 0.25) is 0 Å². The summed E-state index contributed by atoms with van der Waals surface area (Å²) in [6.45, 7) is 3.31. The minimum atomic E-state index is 0.515. The molecule has 0 atom stereocenters. The van der Waals surface area contributed by atoms with Crippen LogP contribution in [0.25, 0.3) is 0 Å². The van der Waals surface area contributed by atoms with Gasteiger partial charge in [0.15, 0.2) is 5.11 Å². The van der Waals surface area contributed by atoms with Crippen molar-refractivity contribution in [1.82, 2.24) is 10.7 Å². The van der Waals surface area contributed by atoms with Crippen LogP contribution < -0.4 is 15.5 Å². The highest BCUT2D eigenvalue weighted by molar-refractivity contribution is 14.1. The summed E-state index contributed by atoms with van der Waals surface area (Å²) in [5.74, 6) is 0.863. The van der Waals surface area contributed by atoms with E-state index in [0.717, 1.165) is 27.0 Å². The van der Waals surface area contributed by atoms with Crippen LogP contribution in [0.1, 0.15) is 18.1 Å². The molecule has 24 heavy (non-hydrogen) atoms. The number of benzene rings is 2. The molecule has 126 valence electrons. The van der Waals surface area contributed by atoms with Gasteiger partial charge in [-0.2, -0.15) is 5.10 Å². The summed E-state index contributed by atoms with van der Waals surface area (Å²) in [6.07, 6.45) is 1.73. The molecule has 0 saturated heterocycles. The van der Waals surface area contributed by atoms with Crippen molar-refractivity contribution in [2.75, 3.05) is 6.54 Å². The molecule has 0 heterocycles. The zero-order chi connectivity index (χ0) is 17.4. The summed E-state index contributed by atoms with van der Waals surface area (Å²) in [7, 11) is 0. The van der Waals surface area contributed by atoms with Gasteiger partial charge in [0.1, 0.15) is 12.4 Å². The fourth-order valence-corrected chi connectivity index (χ4v) is 3.07. The number of nitrogens with zero attached hydrogens (tertiary/aromatic N) is 1. The maximum Gasteiger partial charge on any atom is 0.186 e. The average molecular weight is 565 g/mol. The first kappa shape index (κ1) is 19.4. The van der Waals surface area contributed by atoms with Gasteiger partial charge in [0.25, 0.3) is 0 Å². The fraction of sp³-hybridized carbons (Fsp3) is 0.176. The van der Waals surface area contributed by atoms with Crippen molar-refractivity contribution >= 4 is 68.7 Å². The maximum atomic E-state index is 5.89. The van der Waals surface area contributed by atoms with E-state index in [9.17, 15) is 0 Å². The Kier molecular flexibility index (Phi) is 8.19. The highest BCUT2D eigenvalue weighted by atomic mass is 127. The summed E-state index contributed by atoms with van der Waals surface area (Å²) in [6, 6.07) is 14.3. The van der Waals surface area contributed by atoms with Crippen LogP contribution in [0, 0.1) is 7.14 Å². The number of hydrogen-bond acceptors (Lipinski definition) is 3. The average Bonchev–Trinajstić information content (AvgIpc) is 2.56. The van der Waals surface area contributed by atoms with Gasteiger partial charge in [0.2, 0.25) is 0 Å². The molecule has 0 spiro atoms. The van der Waals surface area contributed by atoms with Gasteiger partial charge in [-0.15, -0.1) is 0 Å². The Morgan fingerprint density at radius 3 is 2.62 bits per heavy atom. The van der Waals surface area contributed by atoms with E-state index in [2.05, 4.69) is 85.3 Å². The highest BCUT2D eigenvalue weighted by Gasteiger charge is 2.03. The predicted molar refractivity (Wildman–Crippen MR) is 120 cm³/mol. The number of hydrogen-bond donors (Lipinski definition) is 2. The number of hydrazone groups is 1. The number of nitrogens with one attached hydrogen (secondary N) is 2. The molecular weight excluding hydrogens is 548 g/mol. The van der Waals surface area contributed by atoms with E-state index in [1.54, 1.807) is 6.21 Å². The first-order valence-corrected chi connectivity index (χ1v) is 9.88. The standard InChI is InChI=1S/C17H17I2N3OS/c1-2-20-17(24)22-21-10-13-5-8-16(15(19)9-13)23-11-12-3-6-14(18)7-4-12/h3-10H,2,11H2,1H3,(H2,20,22,24)/b21-10-.